The molecule has 2 N–H and O–H groups in total. The van der Waals surface area contributed by atoms with Crippen LogP contribution in [0, 0.1) is 13.8 Å². The molecule has 1 heterocycles. The van der Waals surface area contributed by atoms with Crippen LogP contribution in [0.25, 0.3) is 0 Å². The zero-order valence-corrected chi connectivity index (χ0v) is 31.1. The summed E-state index contributed by atoms with van der Waals surface area (Å²) in [5, 5.41) is 23.5. The van der Waals surface area contributed by atoms with E-state index < -0.39 is 0 Å². The summed E-state index contributed by atoms with van der Waals surface area (Å²) in [6, 6.07) is 30.1. The molecule has 1 aliphatic heterocycles. The minimum atomic E-state index is -0.339. The standard InChI is InChI=1S/C40H46N2O2.HI.Mn/c1-27-21-29(37(43)33(23-27)39(3,4)31-15-9-7-10-16-31)25-41-35-19-13-14-20-36(35)42-26-30-22-28(2)24-34(38(30)44)40(5,6)32-17-11-8-12-18-32;;/h7-12,15-18,21-26,35-36,43-44H,13-14,19-20H2,1-6H3;1H;/q;;+2/p-1/t35-,36-;;/m1../s1. The number of phenols is 2. The monoisotopic (exact) mass is 768 g/mol. The zero-order valence-electron chi connectivity index (χ0n) is 27.8. The Morgan fingerprint density at radius 2 is 1.00 bits per heavy atom. The van der Waals surface area contributed by atoms with Gasteiger partial charge < -0.3 is 24.0 Å². The van der Waals surface area contributed by atoms with E-state index in [1.165, 1.54) is 24.0 Å². The van der Waals surface area contributed by atoms with Crippen LogP contribution < -0.4 is 24.0 Å². The van der Waals surface area contributed by atoms with E-state index in [0.29, 0.717) is 39.0 Å². The molecule has 4 aromatic rings. The second kappa shape index (κ2) is 13.7. The van der Waals surface area contributed by atoms with Crippen molar-refractivity contribution in [2.45, 2.75) is 90.1 Å². The first-order chi connectivity index (χ1) is 21.5. The molecule has 1 saturated heterocycles. The molecule has 2 atom stereocenters. The van der Waals surface area contributed by atoms with Crippen molar-refractivity contribution in [1.29, 1.82) is 0 Å². The molecule has 2 aliphatic rings. The van der Waals surface area contributed by atoms with Crippen molar-refractivity contribution >= 4 is 12.4 Å². The maximum absolute atomic E-state index is 11.7. The Labute approximate surface area is 298 Å². The van der Waals surface area contributed by atoms with E-state index in [2.05, 4.69) is 134 Å². The third kappa shape index (κ3) is 6.58. The maximum atomic E-state index is 11.7. The van der Waals surface area contributed by atoms with E-state index in [1.54, 1.807) is 0 Å². The minimum absolute atomic E-state index is 0. The van der Waals surface area contributed by atoms with Crippen LogP contribution in [0.1, 0.15) is 97.9 Å². The van der Waals surface area contributed by atoms with Crippen molar-refractivity contribution in [3.63, 3.8) is 0 Å². The molecule has 0 aromatic heterocycles. The van der Waals surface area contributed by atoms with E-state index in [4.69, 9.17) is 0 Å². The van der Waals surface area contributed by atoms with Crippen molar-refractivity contribution in [3.8, 4) is 11.5 Å². The van der Waals surface area contributed by atoms with Crippen molar-refractivity contribution < 1.29 is 56.8 Å². The molecular weight excluding hydrogens is 722 g/mol. The van der Waals surface area contributed by atoms with Crippen molar-refractivity contribution in [2.75, 3.05) is 0 Å². The first kappa shape index (κ1) is 34.4. The second-order valence-electron chi connectivity index (χ2n) is 13.9. The van der Waals surface area contributed by atoms with Gasteiger partial charge in [-0.25, -0.2) is 0 Å². The Kier molecular flexibility index (Phi) is 10.2. The molecule has 46 heavy (non-hydrogen) atoms. The third-order valence-corrected chi connectivity index (χ3v) is 11.6. The average molecular weight is 769 g/mol. The van der Waals surface area contributed by atoms with Crippen LogP contribution in [0.15, 0.2) is 84.9 Å². The molecule has 0 radical (unpaired) electrons. The van der Waals surface area contributed by atoms with Gasteiger partial charge in [-0.15, -0.1) is 0 Å². The number of phenolic OH excluding ortho intramolecular Hbond substituents is 2. The SMILES string of the molecule is Cc1cc(C=[N+]2[Mn][N+](=Cc3cc(C)cc(C(C)(C)c4ccccc4)c3O)[C@@H]3CCCC[C@H]32)c(O)c(C(C)(C)c2ccccc2)c1.[I-]. The number of nitrogens with zero attached hydrogens (tertiary/aromatic N) is 2. The summed E-state index contributed by atoms with van der Waals surface area (Å²) < 4.78 is 4.92. The summed E-state index contributed by atoms with van der Waals surface area (Å²) in [6.45, 7) is 13.0. The number of aryl methyl sites for hydroxylation is 2. The predicted octanol–water partition coefficient (Wildman–Crippen LogP) is 5.17. The molecule has 0 bridgehead atoms. The number of rotatable bonds is 6. The summed E-state index contributed by atoms with van der Waals surface area (Å²) in [4.78, 5) is 0. The average Bonchev–Trinajstić information content (AvgIpc) is 3.37. The molecule has 0 unspecified atom stereocenters. The minimum Gasteiger partial charge on any atom is -1.00 e. The molecule has 241 valence electrons. The van der Waals surface area contributed by atoms with E-state index in [-0.39, 0.29) is 34.8 Å². The molecule has 0 amide bonds. The van der Waals surface area contributed by atoms with Gasteiger partial charge in [0.1, 0.15) is 0 Å². The largest absolute Gasteiger partial charge is 1.00 e. The van der Waals surface area contributed by atoms with Crippen LogP contribution in [0.4, 0.5) is 0 Å². The molecule has 2 fully saturated rings. The van der Waals surface area contributed by atoms with E-state index in [1.807, 2.05) is 12.1 Å². The number of fused-ring (bicyclic) bond motifs is 1. The fourth-order valence-corrected chi connectivity index (χ4v) is 9.01. The van der Waals surface area contributed by atoms with Crippen LogP contribution in [-0.2, 0) is 26.2 Å². The first-order valence-corrected chi connectivity index (χ1v) is 17.2. The van der Waals surface area contributed by atoms with Gasteiger partial charge >= 0.3 is 276 Å². The maximum Gasteiger partial charge on any atom is -1.00 e. The number of hydrogen-bond acceptors (Lipinski definition) is 2. The fourth-order valence-electron chi connectivity index (χ4n) is 7.16. The molecule has 1 saturated carbocycles. The van der Waals surface area contributed by atoms with Gasteiger partial charge in [-0.05, 0) is 0 Å². The van der Waals surface area contributed by atoms with Crippen LogP contribution in [-0.4, -0.2) is 41.9 Å². The van der Waals surface area contributed by atoms with Gasteiger partial charge in [-0.1, -0.05) is 0 Å². The molecule has 4 nitrogen and oxygen atoms in total. The first-order valence-electron chi connectivity index (χ1n) is 16.2. The zero-order chi connectivity index (χ0) is 31.9. The summed E-state index contributed by atoms with van der Waals surface area (Å²) in [5.41, 5.74) is 7.61. The molecule has 4 aromatic carbocycles. The Morgan fingerprint density at radius 3 is 1.37 bits per heavy atom. The molecular formula is C40H46IMnN2O2+. The number of halogens is 1. The van der Waals surface area contributed by atoms with Gasteiger partial charge in [-0.3, -0.25) is 0 Å². The van der Waals surface area contributed by atoms with Crippen LogP contribution >= 0.6 is 0 Å². The summed E-state index contributed by atoms with van der Waals surface area (Å²) in [5.74, 6) is 0.720. The van der Waals surface area contributed by atoms with E-state index >= 15 is 0 Å². The second-order valence-corrected chi connectivity index (χ2v) is 15.4. The van der Waals surface area contributed by atoms with E-state index in [9.17, 15) is 10.2 Å². The summed E-state index contributed by atoms with van der Waals surface area (Å²) in [7, 11) is 0. The topological polar surface area (TPSA) is 46.5 Å². The van der Waals surface area contributed by atoms with Crippen LogP contribution in [0.2, 0.25) is 0 Å². The van der Waals surface area contributed by atoms with Gasteiger partial charge in [0.2, 0.25) is 0 Å². The predicted molar refractivity (Wildman–Crippen MR) is 180 cm³/mol. The third-order valence-electron chi connectivity index (χ3n) is 9.93. The molecule has 1 aliphatic carbocycles. The van der Waals surface area contributed by atoms with Gasteiger partial charge in [0, 0.05) is 0 Å². The van der Waals surface area contributed by atoms with Crippen LogP contribution in [0.5, 0.6) is 11.5 Å². The summed E-state index contributed by atoms with van der Waals surface area (Å²) >= 11 is 0.348. The smallest absolute Gasteiger partial charge is 1.00 e. The normalized spacial score (nSPS) is 20.0. The molecule has 6 heteroatoms. The van der Waals surface area contributed by atoms with Crippen molar-refractivity contribution in [3.05, 3.63) is 129 Å². The fraction of sp³-hybridized carbons (Fsp3) is 0.350. The Balaban J connectivity index is 0.00000417. The Hall–Kier alpha value is -2.93. The van der Waals surface area contributed by atoms with Gasteiger partial charge in [0.15, 0.2) is 0 Å². The van der Waals surface area contributed by atoms with Gasteiger partial charge in [0.25, 0.3) is 0 Å². The van der Waals surface area contributed by atoms with E-state index in [0.717, 1.165) is 46.2 Å². The number of aromatic hydroxyl groups is 2. The molecule has 0 spiro atoms. The summed E-state index contributed by atoms with van der Waals surface area (Å²) in [6.07, 6.45) is 9.07. The van der Waals surface area contributed by atoms with Crippen LogP contribution in [0.3, 0.4) is 0 Å². The van der Waals surface area contributed by atoms with Crippen molar-refractivity contribution in [2.24, 2.45) is 0 Å². The Morgan fingerprint density at radius 1 is 0.630 bits per heavy atom. The van der Waals surface area contributed by atoms with Crippen molar-refractivity contribution in [1.82, 2.24) is 0 Å². The number of benzene rings is 4. The van der Waals surface area contributed by atoms with Gasteiger partial charge in [-0.2, -0.15) is 0 Å². The molecule has 6 rings (SSSR count). The quantitative estimate of drug-likeness (QED) is 0.210. The number of hydrogen-bond donors (Lipinski definition) is 2. The van der Waals surface area contributed by atoms with Gasteiger partial charge in [0.05, 0.1) is 0 Å². The Bertz CT molecular complexity index is 1650.